The summed E-state index contributed by atoms with van der Waals surface area (Å²) < 4.78 is 9.34. The molecule has 3 N–H and O–H groups in total. The van der Waals surface area contributed by atoms with Crippen molar-refractivity contribution in [1.29, 1.82) is 0 Å². The second-order valence-electron chi connectivity index (χ2n) is 6.39. The SMILES string of the molecule is Cn1c(=O)c2c(nc(C[NH+]3CCOCC3)n2C[C@H](O)CO)n(C)c1=O. The first kappa shape index (κ1) is 17.8. The quantitative estimate of drug-likeness (QED) is 0.507. The molecule has 1 aliphatic rings. The highest BCUT2D eigenvalue weighted by Crippen LogP contribution is 2.11. The number of aliphatic hydroxyl groups excluding tert-OH is 2. The summed E-state index contributed by atoms with van der Waals surface area (Å²) in [6, 6.07) is 0. The molecule has 0 saturated carbocycles. The molecule has 1 atom stereocenters. The van der Waals surface area contributed by atoms with E-state index in [-0.39, 0.29) is 12.1 Å². The summed E-state index contributed by atoms with van der Waals surface area (Å²) in [6.45, 7) is 3.14. The summed E-state index contributed by atoms with van der Waals surface area (Å²) in [5.41, 5.74) is -0.352. The molecule has 0 spiro atoms. The predicted octanol–water partition coefficient (Wildman–Crippen LogP) is -3.80. The van der Waals surface area contributed by atoms with Crippen LogP contribution < -0.4 is 16.1 Å². The number of ether oxygens (including phenoxy) is 1. The molecule has 2 aromatic rings. The van der Waals surface area contributed by atoms with Crippen LogP contribution >= 0.6 is 0 Å². The Bertz CT molecular complexity index is 877. The van der Waals surface area contributed by atoms with Crippen LogP contribution in [0.25, 0.3) is 11.2 Å². The van der Waals surface area contributed by atoms with Crippen LogP contribution in [0.4, 0.5) is 0 Å². The number of nitrogens with one attached hydrogen (secondary N) is 1. The van der Waals surface area contributed by atoms with E-state index in [9.17, 15) is 19.8 Å². The van der Waals surface area contributed by atoms with Crippen LogP contribution in [0, 0.1) is 0 Å². The Kier molecular flexibility index (Phi) is 5.04. The molecular weight excluding hydrogens is 330 g/mol. The fraction of sp³-hybridized carbons (Fsp3) is 0.667. The number of aromatic nitrogens is 4. The molecular formula is C15H24N5O5+. The molecule has 0 unspecified atom stereocenters. The second-order valence-corrected chi connectivity index (χ2v) is 6.39. The third kappa shape index (κ3) is 3.25. The van der Waals surface area contributed by atoms with Crippen molar-refractivity contribution in [1.82, 2.24) is 18.7 Å². The molecule has 0 radical (unpaired) electrons. The van der Waals surface area contributed by atoms with Gasteiger partial charge in [0, 0.05) is 14.1 Å². The van der Waals surface area contributed by atoms with Crippen LogP contribution in [0.1, 0.15) is 5.82 Å². The highest BCUT2D eigenvalue weighted by Gasteiger charge is 2.24. The molecule has 138 valence electrons. The van der Waals surface area contributed by atoms with Crippen molar-refractivity contribution in [2.75, 3.05) is 32.9 Å². The number of hydrogen-bond acceptors (Lipinski definition) is 6. The van der Waals surface area contributed by atoms with E-state index >= 15 is 0 Å². The van der Waals surface area contributed by atoms with Crippen molar-refractivity contribution in [2.24, 2.45) is 14.1 Å². The lowest BCUT2D eigenvalue weighted by Gasteiger charge is -2.23. The van der Waals surface area contributed by atoms with Gasteiger partial charge in [0.25, 0.3) is 5.56 Å². The van der Waals surface area contributed by atoms with Gasteiger partial charge >= 0.3 is 5.69 Å². The minimum absolute atomic E-state index is 0.0412. The van der Waals surface area contributed by atoms with Gasteiger partial charge in [-0.15, -0.1) is 0 Å². The van der Waals surface area contributed by atoms with Crippen molar-refractivity contribution in [3.8, 4) is 0 Å². The van der Waals surface area contributed by atoms with Gasteiger partial charge in [-0.25, -0.2) is 9.78 Å². The summed E-state index contributed by atoms with van der Waals surface area (Å²) in [6.07, 6.45) is -1.02. The van der Waals surface area contributed by atoms with E-state index in [1.54, 1.807) is 11.6 Å². The van der Waals surface area contributed by atoms with Crippen LogP contribution in [0.3, 0.4) is 0 Å². The van der Waals surface area contributed by atoms with Gasteiger partial charge in [-0.2, -0.15) is 0 Å². The molecule has 1 saturated heterocycles. The van der Waals surface area contributed by atoms with Crippen molar-refractivity contribution in [3.05, 3.63) is 26.7 Å². The number of nitrogens with zero attached hydrogens (tertiary/aromatic N) is 4. The van der Waals surface area contributed by atoms with Gasteiger partial charge in [0.1, 0.15) is 19.6 Å². The molecule has 10 nitrogen and oxygen atoms in total. The minimum atomic E-state index is -1.02. The number of fused-ring (bicyclic) bond motifs is 1. The Labute approximate surface area is 143 Å². The van der Waals surface area contributed by atoms with Crippen molar-refractivity contribution < 1.29 is 19.8 Å². The van der Waals surface area contributed by atoms with Gasteiger partial charge in [-0.3, -0.25) is 13.9 Å². The average molecular weight is 354 g/mol. The standard InChI is InChI=1S/C15H23N5O5/c1-17-13-12(14(23)18(2)15(17)24)20(7-10(22)9-21)11(16-13)8-19-3-5-25-6-4-19/h10,21-22H,3-9H2,1-2H3/p+1/t10-/m0/s1. The number of quaternary nitrogens is 1. The second kappa shape index (κ2) is 7.08. The molecule has 3 heterocycles. The van der Waals surface area contributed by atoms with Crippen LogP contribution in [-0.4, -0.2) is 67.9 Å². The first-order chi connectivity index (χ1) is 11.9. The topological polar surface area (TPSA) is 116 Å². The molecule has 3 rings (SSSR count). The number of hydrogen-bond donors (Lipinski definition) is 3. The normalized spacial score (nSPS) is 17.3. The van der Waals surface area contributed by atoms with Gasteiger partial charge in [0.15, 0.2) is 17.0 Å². The van der Waals surface area contributed by atoms with Crippen LogP contribution in [0.15, 0.2) is 9.59 Å². The summed E-state index contributed by atoms with van der Waals surface area (Å²) in [5.74, 6) is 0.609. The predicted molar refractivity (Wildman–Crippen MR) is 88.5 cm³/mol. The molecule has 0 aromatic carbocycles. The molecule has 0 bridgehead atoms. The Morgan fingerprint density at radius 1 is 1.24 bits per heavy atom. The van der Waals surface area contributed by atoms with E-state index in [4.69, 9.17) is 4.74 Å². The fourth-order valence-corrected chi connectivity index (χ4v) is 3.15. The van der Waals surface area contributed by atoms with E-state index < -0.39 is 24.0 Å². The first-order valence-corrected chi connectivity index (χ1v) is 8.29. The first-order valence-electron chi connectivity index (χ1n) is 8.29. The number of imidazole rings is 1. The number of rotatable bonds is 5. The maximum absolute atomic E-state index is 12.6. The molecule has 0 aliphatic carbocycles. The van der Waals surface area contributed by atoms with Gasteiger partial charge in [-0.1, -0.05) is 0 Å². The lowest BCUT2D eigenvalue weighted by molar-refractivity contribution is -0.922. The van der Waals surface area contributed by atoms with Crippen molar-refractivity contribution in [2.45, 2.75) is 19.2 Å². The maximum Gasteiger partial charge on any atom is 0.332 e. The highest BCUT2D eigenvalue weighted by molar-refractivity contribution is 5.71. The summed E-state index contributed by atoms with van der Waals surface area (Å²) >= 11 is 0. The van der Waals surface area contributed by atoms with E-state index in [2.05, 4.69) is 4.98 Å². The monoisotopic (exact) mass is 354 g/mol. The smallest absolute Gasteiger partial charge is 0.332 e. The zero-order valence-corrected chi connectivity index (χ0v) is 14.4. The molecule has 1 fully saturated rings. The minimum Gasteiger partial charge on any atom is -0.394 e. The summed E-state index contributed by atoms with van der Waals surface area (Å²) in [4.78, 5) is 30.5. The van der Waals surface area contributed by atoms with Crippen molar-refractivity contribution >= 4 is 11.2 Å². The Balaban J connectivity index is 2.15. The summed E-state index contributed by atoms with van der Waals surface area (Å²) in [5, 5.41) is 19.1. The Morgan fingerprint density at radius 2 is 1.92 bits per heavy atom. The summed E-state index contributed by atoms with van der Waals surface area (Å²) in [7, 11) is 2.98. The third-order valence-corrected chi connectivity index (χ3v) is 4.64. The zero-order valence-electron chi connectivity index (χ0n) is 14.4. The molecule has 25 heavy (non-hydrogen) atoms. The van der Waals surface area contributed by atoms with E-state index in [1.165, 1.54) is 16.5 Å². The Morgan fingerprint density at radius 3 is 2.56 bits per heavy atom. The third-order valence-electron chi connectivity index (χ3n) is 4.64. The number of morpholine rings is 1. The zero-order chi connectivity index (χ0) is 18.1. The fourth-order valence-electron chi connectivity index (χ4n) is 3.15. The van der Waals surface area contributed by atoms with E-state index in [0.717, 1.165) is 17.7 Å². The molecule has 0 amide bonds. The van der Waals surface area contributed by atoms with Gasteiger partial charge in [0.2, 0.25) is 0 Å². The van der Waals surface area contributed by atoms with Crippen LogP contribution in [0.5, 0.6) is 0 Å². The van der Waals surface area contributed by atoms with Gasteiger partial charge in [0.05, 0.1) is 32.5 Å². The average Bonchev–Trinajstić information content (AvgIpc) is 2.97. The van der Waals surface area contributed by atoms with Gasteiger partial charge < -0.3 is 24.4 Å². The van der Waals surface area contributed by atoms with Crippen molar-refractivity contribution in [3.63, 3.8) is 0 Å². The Hall–Kier alpha value is -2.01. The molecule has 2 aromatic heterocycles. The number of aryl methyl sites for hydroxylation is 1. The van der Waals surface area contributed by atoms with Gasteiger partial charge in [-0.05, 0) is 0 Å². The highest BCUT2D eigenvalue weighted by atomic mass is 16.5. The van der Waals surface area contributed by atoms with Crippen LogP contribution in [0.2, 0.25) is 0 Å². The van der Waals surface area contributed by atoms with Crippen LogP contribution in [-0.2, 0) is 31.9 Å². The largest absolute Gasteiger partial charge is 0.394 e. The number of aliphatic hydroxyl groups is 2. The lowest BCUT2D eigenvalue weighted by Crippen LogP contribution is -3.12. The lowest BCUT2D eigenvalue weighted by atomic mass is 10.3. The van der Waals surface area contributed by atoms with E-state index in [0.29, 0.717) is 31.2 Å². The molecule has 10 heteroatoms. The van der Waals surface area contributed by atoms with E-state index in [1.807, 2.05) is 0 Å². The molecule has 1 aliphatic heterocycles. The maximum atomic E-state index is 12.6.